The van der Waals surface area contributed by atoms with Crippen LogP contribution in [0.1, 0.15) is 16.7 Å². The zero-order chi connectivity index (χ0) is 16.0. The molecule has 24 heavy (non-hydrogen) atoms. The van der Waals surface area contributed by atoms with Crippen LogP contribution in [-0.4, -0.2) is 19.7 Å². The molecule has 0 aliphatic rings. The van der Waals surface area contributed by atoms with Crippen LogP contribution in [-0.2, 0) is 20.1 Å². The number of hydrogen-bond donors (Lipinski definition) is 0. The summed E-state index contributed by atoms with van der Waals surface area (Å²) in [5.74, 6) is 0.741. The average Bonchev–Trinajstić information content (AvgIpc) is 3.13. The first-order valence-electron chi connectivity index (χ1n) is 7.37. The molecule has 0 N–H and O–H groups in total. The quantitative estimate of drug-likeness (QED) is 0.397. The number of nitrogens with zero attached hydrogens (tertiary/aromatic N) is 4. The van der Waals surface area contributed by atoms with E-state index in [1.165, 1.54) is 12.0 Å². The van der Waals surface area contributed by atoms with E-state index in [0.29, 0.717) is 5.58 Å². The van der Waals surface area contributed by atoms with Crippen molar-refractivity contribution in [2.24, 2.45) is 0 Å². The van der Waals surface area contributed by atoms with Gasteiger partial charge in [0.05, 0.1) is 17.1 Å². The van der Waals surface area contributed by atoms with Crippen molar-refractivity contribution in [3.05, 3.63) is 59.7 Å². The van der Waals surface area contributed by atoms with Crippen molar-refractivity contribution in [1.29, 1.82) is 0 Å². The van der Waals surface area contributed by atoms with E-state index in [9.17, 15) is 0 Å². The molecule has 6 heteroatoms. The minimum Gasteiger partial charge on any atom is -0.490 e. The van der Waals surface area contributed by atoms with Gasteiger partial charge in [-0.25, -0.2) is 4.98 Å². The van der Waals surface area contributed by atoms with E-state index >= 15 is 0 Å². The molecule has 4 rings (SSSR count). The molecule has 0 amide bonds. The summed E-state index contributed by atoms with van der Waals surface area (Å²) in [6.07, 6.45) is 3.00. The largest absolute Gasteiger partial charge is 0.490 e. The van der Waals surface area contributed by atoms with Crippen molar-refractivity contribution < 1.29 is 24.5 Å². The van der Waals surface area contributed by atoms with Crippen molar-refractivity contribution in [3.63, 3.8) is 0 Å². The Morgan fingerprint density at radius 3 is 2.54 bits per heavy atom. The summed E-state index contributed by atoms with van der Waals surface area (Å²) >= 11 is 0. The third kappa shape index (κ3) is 2.68. The van der Waals surface area contributed by atoms with Gasteiger partial charge >= 0.3 is 0 Å². The van der Waals surface area contributed by atoms with Crippen LogP contribution in [0, 0.1) is 26.8 Å². The molecule has 0 aliphatic carbocycles. The summed E-state index contributed by atoms with van der Waals surface area (Å²) in [5, 5.41) is 4.42. The first-order chi connectivity index (χ1) is 11.1. The molecule has 0 aliphatic heterocycles. The van der Waals surface area contributed by atoms with E-state index < -0.39 is 0 Å². The molecular weight excluding hydrogens is 480 g/mol. The Morgan fingerprint density at radius 2 is 1.79 bits per heavy atom. The van der Waals surface area contributed by atoms with Gasteiger partial charge in [0.25, 0.3) is 0 Å². The number of hydrogen-bond acceptors (Lipinski definition) is 4. The molecule has 0 atom stereocenters. The fraction of sp³-hybridized carbons (Fsp3) is 0.167. The number of oxazole rings is 1. The molecule has 2 aromatic heterocycles. The summed E-state index contributed by atoms with van der Waals surface area (Å²) in [6.45, 7) is 6.27. The van der Waals surface area contributed by atoms with E-state index in [1.54, 1.807) is 12.4 Å². The molecule has 0 unspecified atom stereocenters. The fourth-order valence-electron chi connectivity index (χ4n) is 3.03. The van der Waals surface area contributed by atoms with Crippen LogP contribution in [0.4, 0.5) is 0 Å². The minimum atomic E-state index is 0. The third-order valence-corrected chi connectivity index (χ3v) is 3.90. The Bertz CT molecular complexity index is 996. The molecule has 2 aromatic carbocycles. The molecule has 0 saturated carbocycles. The molecule has 1 radical (unpaired) electrons. The second kappa shape index (κ2) is 6.30. The van der Waals surface area contributed by atoms with Crippen LogP contribution in [0.25, 0.3) is 28.2 Å². The summed E-state index contributed by atoms with van der Waals surface area (Å²) in [7, 11) is 0. The van der Waals surface area contributed by atoms with Gasteiger partial charge in [0.2, 0.25) is 0 Å². The number of fused-ring (bicyclic) bond motifs is 1. The number of rotatable bonds is 2. The van der Waals surface area contributed by atoms with Crippen molar-refractivity contribution in [1.82, 2.24) is 19.7 Å². The fourth-order valence-corrected chi connectivity index (χ4v) is 3.03. The van der Waals surface area contributed by atoms with Gasteiger partial charge in [0.1, 0.15) is 6.33 Å². The molecule has 123 valence electrons. The standard InChI is InChI=1S/C18H15N4O.Ir/c1-11-6-12(2)17(13(3)7-11)22-18(19-9-21-22)14-4-5-16-15(8-14)20-10-23-16;/h5-10H,1-3H3;/q-1;. The molecule has 0 bridgehead atoms. The van der Waals surface area contributed by atoms with E-state index in [1.807, 2.05) is 10.7 Å². The maximum Gasteiger partial charge on any atom is 0.169 e. The predicted octanol–water partition coefficient (Wildman–Crippen LogP) is 3.80. The molecule has 0 spiro atoms. The van der Waals surface area contributed by atoms with Crippen LogP contribution < -0.4 is 0 Å². The molecule has 5 nitrogen and oxygen atoms in total. The van der Waals surface area contributed by atoms with Crippen LogP contribution in [0.3, 0.4) is 0 Å². The maximum absolute atomic E-state index is 5.27. The molecular formula is C18H15IrN4O-. The SMILES string of the molecule is Cc1cc(C)c(-n2ncnc2-c2[c-]cc3ocnc3c2)c(C)c1.[Ir]. The van der Waals surface area contributed by atoms with Gasteiger partial charge in [-0.1, -0.05) is 17.7 Å². The Labute approximate surface area is 153 Å². The normalized spacial score (nSPS) is 10.8. The Balaban J connectivity index is 0.00000169. The minimum absolute atomic E-state index is 0. The van der Waals surface area contributed by atoms with E-state index in [0.717, 1.165) is 33.7 Å². The van der Waals surface area contributed by atoms with Gasteiger partial charge in [0, 0.05) is 25.6 Å². The second-order valence-corrected chi connectivity index (χ2v) is 5.69. The smallest absolute Gasteiger partial charge is 0.169 e. The number of benzene rings is 2. The van der Waals surface area contributed by atoms with Crippen molar-refractivity contribution in [2.75, 3.05) is 0 Å². The first kappa shape index (κ1) is 16.6. The molecule has 4 aromatic rings. The first-order valence-corrected chi connectivity index (χ1v) is 7.37. The zero-order valence-electron chi connectivity index (χ0n) is 13.5. The van der Waals surface area contributed by atoms with Gasteiger partial charge < -0.3 is 4.42 Å². The average molecular weight is 496 g/mol. The Hall–Kier alpha value is -2.30. The summed E-state index contributed by atoms with van der Waals surface area (Å²) in [6, 6.07) is 11.2. The monoisotopic (exact) mass is 496 g/mol. The van der Waals surface area contributed by atoms with Crippen LogP contribution in [0.2, 0.25) is 0 Å². The van der Waals surface area contributed by atoms with E-state index in [4.69, 9.17) is 4.42 Å². The van der Waals surface area contributed by atoms with Gasteiger partial charge in [-0.15, -0.1) is 23.8 Å². The summed E-state index contributed by atoms with van der Waals surface area (Å²) in [5.41, 5.74) is 6.95. The number of aryl methyl sites for hydroxylation is 3. The van der Waals surface area contributed by atoms with E-state index in [-0.39, 0.29) is 20.1 Å². The van der Waals surface area contributed by atoms with Gasteiger partial charge in [-0.05, 0) is 31.9 Å². The van der Waals surface area contributed by atoms with Crippen molar-refractivity contribution >= 4 is 11.1 Å². The topological polar surface area (TPSA) is 56.7 Å². The van der Waals surface area contributed by atoms with Gasteiger partial charge in [-0.2, -0.15) is 5.10 Å². The number of aromatic nitrogens is 4. The predicted molar refractivity (Wildman–Crippen MR) is 87.4 cm³/mol. The molecule has 0 fully saturated rings. The Kier molecular flexibility index (Phi) is 4.35. The third-order valence-electron chi connectivity index (χ3n) is 3.90. The van der Waals surface area contributed by atoms with Crippen molar-refractivity contribution in [2.45, 2.75) is 20.8 Å². The van der Waals surface area contributed by atoms with Crippen LogP contribution in [0.15, 0.2) is 41.4 Å². The van der Waals surface area contributed by atoms with Gasteiger partial charge in [0.15, 0.2) is 6.39 Å². The summed E-state index contributed by atoms with van der Waals surface area (Å²) in [4.78, 5) is 8.62. The van der Waals surface area contributed by atoms with E-state index in [2.05, 4.69) is 54.0 Å². The maximum atomic E-state index is 5.27. The molecule has 2 heterocycles. The summed E-state index contributed by atoms with van der Waals surface area (Å²) < 4.78 is 7.13. The second-order valence-electron chi connectivity index (χ2n) is 5.69. The van der Waals surface area contributed by atoms with Crippen LogP contribution >= 0.6 is 0 Å². The van der Waals surface area contributed by atoms with Crippen LogP contribution in [0.5, 0.6) is 0 Å². The van der Waals surface area contributed by atoms with Crippen molar-refractivity contribution in [3.8, 4) is 17.1 Å². The zero-order valence-corrected chi connectivity index (χ0v) is 15.9. The van der Waals surface area contributed by atoms with Gasteiger partial charge in [-0.3, -0.25) is 9.67 Å². The molecule has 0 saturated heterocycles. The Morgan fingerprint density at radius 1 is 1.04 bits per heavy atom.